The van der Waals surface area contributed by atoms with Crippen molar-refractivity contribution in [2.75, 3.05) is 57.3 Å². The molecule has 2 amide bonds. The Morgan fingerprint density at radius 3 is 2.54 bits per heavy atom. The molecular weight excluding hydrogens is 332 g/mol. The van der Waals surface area contributed by atoms with Crippen LogP contribution in [0, 0.1) is 0 Å². The molecule has 1 heterocycles. The predicted molar refractivity (Wildman–Crippen MR) is 102 cm³/mol. The SMILES string of the molecule is CCCNC(=O)CNC(=O)C[NH+]1CCN(c2ccccc2OCC)CC1. The van der Waals surface area contributed by atoms with Gasteiger partial charge in [-0.3, -0.25) is 9.59 Å². The predicted octanol–water partition coefficient (Wildman–Crippen LogP) is -0.567. The van der Waals surface area contributed by atoms with Crippen LogP contribution in [-0.2, 0) is 9.59 Å². The van der Waals surface area contributed by atoms with Crippen LogP contribution in [0.5, 0.6) is 5.75 Å². The molecule has 7 heteroatoms. The molecule has 0 aromatic heterocycles. The standard InChI is InChI=1S/C19H30N4O3/c1-3-9-20-18(24)14-21-19(25)15-22-10-12-23(13-11-22)16-7-5-6-8-17(16)26-4-2/h5-8H,3-4,9-15H2,1-2H3,(H,20,24)(H,21,25)/p+1. The monoisotopic (exact) mass is 363 g/mol. The Hall–Kier alpha value is -2.28. The summed E-state index contributed by atoms with van der Waals surface area (Å²) in [6.45, 7) is 9.26. The molecule has 0 unspecified atom stereocenters. The minimum Gasteiger partial charge on any atom is -0.492 e. The Morgan fingerprint density at radius 2 is 1.85 bits per heavy atom. The Kier molecular flexibility index (Phi) is 8.21. The van der Waals surface area contributed by atoms with Gasteiger partial charge in [-0.25, -0.2) is 0 Å². The molecule has 2 rings (SSSR count). The fourth-order valence-electron chi connectivity index (χ4n) is 3.03. The van der Waals surface area contributed by atoms with E-state index in [2.05, 4.69) is 21.6 Å². The second-order valence-electron chi connectivity index (χ2n) is 6.44. The topological polar surface area (TPSA) is 75.1 Å². The number of hydrogen-bond donors (Lipinski definition) is 3. The zero-order valence-corrected chi connectivity index (χ0v) is 15.8. The van der Waals surface area contributed by atoms with Gasteiger partial charge in [-0.1, -0.05) is 19.1 Å². The molecule has 0 atom stereocenters. The normalized spacial score (nSPS) is 14.8. The summed E-state index contributed by atoms with van der Waals surface area (Å²) in [6, 6.07) is 8.08. The van der Waals surface area contributed by atoms with E-state index in [0.29, 0.717) is 19.7 Å². The molecule has 0 saturated carbocycles. The Labute approximate surface area is 155 Å². The molecule has 0 aliphatic carbocycles. The molecule has 26 heavy (non-hydrogen) atoms. The van der Waals surface area contributed by atoms with E-state index in [9.17, 15) is 9.59 Å². The molecule has 0 radical (unpaired) electrons. The maximum absolute atomic E-state index is 12.0. The maximum atomic E-state index is 12.0. The fourth-order valence-corrected chi connectivity index (χ4v) is 3.03. The van der Waals surface area contributed by atoms with Crippen LogP contribution in [-0.4, -0.2) is 64.2 Å². The Morgan fingerprint density at radius 1 is 1.12 bits per heavy atom. The molecule has 0 bridgehead atoms. The number of rotatable bonds is 9. The lowest BCUT2D eigenvalue weighted by Gasteiger charge is -2.34. The first-order valence-corrected chi connectivity index (χ1v) is 9.47. The van der Waals surface area contributed by atoms with Crippen molar-refractivity contribution < 1.29 is 19.2 Å². The number of amides is 2. The largest absolute Gasteiger partial charge is 0.492 e. The number of piperazine rings is 1. The molecule has 144 valence electrons. The average Bonchev–Trinajstić information content (AvgIpc) is 2.66. The summed E-state index contributed by atoms with van der Waals surface area (Å²) in [6.07, 6.45) is 0.889. The van der Waals surface area contributed by atoms with E-state index in [1.54, 1.807) is 0 Å². The van der Waals surface area contributed by atoms with Gasteiger partial charge >= 0.3 is 0 Å². The van der Waals surface area contributed by atoms with Crippen LogP contribution in [0.4, 0.5) is 5.69 Å². The van der Waals surface area contributed by atoms with E-state index in [0.717, 1.165) is 44.0 Å². The molecule has 7 nitrogen and oxygen atoms in total. The number of nitrogens with zero attached hydrogens (tertiary/aromatic N) is 1. The van der Waals surface area contributed by atoms with Gasteiger partial charge < -0.3 is 25.2 Å². The average molecular weight is 363 g/mol. The smallest absolute Gasteiger partial charge is 0.275 e. The number of quaternary nitrogens is 1. The highest BCUT2D eigenvalue weighted by Crippen LogP contribution is 2.27. The molecule has 0 spiro atoms. The molecule has 1 aliphatic rings. The third-order valence-electron chi connectivity index (χ3n) is 4.41. The second-order valence-corrected chi connectivity index (χ2v) is 6.44. The van der Waals surface area contributed by atoms with Gasteiger partial charge in [0.1, 0.15) is 5.75 Å². The number of carbonyl (C=O) groups excluding carboxylic acids is 2. The van der Waals surface area contributed by atoms with Crippen molar-refractivity contribution in [3.8, 4) is 5.75 Å². The molecular formula is C19H31N4O3+. The highest BCUT2D eigenvalue weighted by atomic mass is 16.5. The van der Waals surface area contributed by atoms with Gasteiger partial charge in [-0.05, 0) is 25.5 Å². The van der Waals surface area contributed by atoms with Gasteiger partial charge in [0.15, 0.2) is 6.54 Å². The van der Waals surface area contributed by atoms with Crippen LogP contribution >= 0.6 is 0 Å². The first kappa shape index (κ1) is 20.0. The first-order chi connectivity index (χ1) is 12.6. The van der Waals surface area contributed by atoms with Crippen molar-refractivity contribution in [2.24, 2.45) is 0 Å². The van der Waals surface area contributed by atoms with Crippen LogP contribution in [0.15, 0.2) is 24.3 Å². The lowest BCUT2D eigenvalue weighted by atomic mass is 10.2. The molecule has 1 aliphatic heterocycles. The molecule has 1 aromatic carbocycles. The van der Waals surface area contributed by atoms with Crippen molar-refractivity contribution in [1.82, 2.24) is 10.6 Å². The number of benzene rings is 1. The summed E-state index contributed by atoms with van der Waals surface area (Å²) in [4.78, 5) is 27.1. The quantitative estimate of drug-likeness (QED) is 0.549. The van der Waals surface area contributed by atoms with E-state index < -0.39 is 0 Å². The van der Waals surface area contributed by atoms with E-state index >= 15 is 0 Å². The van der Waals surface area contributed by atoms with Crippen LogP contribution in [0.1, 0.15) is 20.3 Å². The van der Waals surface area contributed by atoms with E-state index in [-0.39, 0.29) is 18.4 Å². The lowest BCUT2D eigenvalue weighted by Crippen LogP contribution is -3.16. The molecule has 1 aromatic rings. The zero-order valence-electron chi connectivity index (χ0n) is 15.8. The summed E-state index contributed by atoms with van der Waals surface area (Å²) in [5, 5.41) is 5.45. The number of ether oxygens (including phenoxy) is 1. The minimum atomic E-state index is -0.132. The van der Waals surface area contributed by atoms with Crippen molar-refractivity contribution in [3.05, 3.63) is 24.3 Å². The first-order valence-electron chi connectivity index (χ1n) is 9.47. The lowest BCUT2D eigenvalue weighted by molar-refractivity contribution is -0.892. The van der Waals surface area contributed by atoms with Gasteiger partial charge in [0.05, 0.1) is 45.0 Å². The number of nitrogens with one attached hydrogen (secondary N) is 3. The number of anilines is 1. The van der Waals surface area contributed by atoms with Crippen LogP contribution in [0.2, 0.25) is 0 Å². The van der Waals surface area contributed by atoms with Gasteiger partial charge in [0.25, 0.3) is 5.91 Å². The van der Waals surface area contributed by atoms with Gasteiger partial charge in [-0.15, -0.1) is 0 Å². The number of carbonyl (C=O) groups is 2. The van der Waals surface area contributed by atoms with Crippen molar-refractivity contribution in [3.63, 3.8) is 0 Å². The van der Waals surface area contributed by atoms with Crippen molar-refractivity contribution in [2.45, 2.75) is 20.3 Å². The molecule has 3 N–H and O–H groups in total. The molecule has 1 saturated heterocycles. The van der Waals surface area contributed by atoms with Gasteiger partial charge in [0.2, 0.25) is 5.91 Å². The summed E-state index contributed by atoms with van der Waals surface area (Å²) in [5.41, 5.74) is 1.12. The Balaban J connectivity index is 1.75. The zero-order chi connectivity index (χ0) is 18.8. The summed E-state index contributed by atoms with van der Waals surface area (Å²) < 4.78 is 5.71. The number of para-hydroxylation sites is 2. The third kappa shape index (κ3) is 6.22. The summed E-state index contributed by atoms with van der Waals surface area (Å²) in [7, 11) is 0. The third-order valence-corrected chi connectivity index (χ3v) is 4.41. The minimum absolute atomic E-state index is 0.0555. The number of hydrogen-bond acceptors (Lipinski definition) is 4. The van der Waals surface area contributed by atoms with E-state index in [4.69, 9.17) is 4.74 Å². The molecule has 1 fully saturated rings. The Bertz CT molecular complexity index is 586. The van der Waals surface area contributed by atoms with Gasteiger partial charge in [0, 0.05) is 6.54 Å². The summed E-state index contributed by atoms with van der Waals surface area (Å²) in [5.74, 6) is 0.705. The fraction of sp³-hybridized carbons (Fsp3) is 0.579. The van der Waals surface area contributed by atoms with Crippen LogP contribution in [0.25, 0.3) is 0 Å². The maximum Gasteiger partial charge on any atom is 0.275 e. The van der Waals surface area contributed by atoms with Gasteiger partial charge in [-0.2, -0.15) is 0 Å². The van der Waals surface area contributed by atoms with E-state index in [1.165, 1.54) is 4.90 Å². The van der Waals surface area contributed by atoms with Crippen LogP contribution in [0.3, 0.4) is 0 Å². The highest BCUT2D eigenvalue weighted by Gasteiger charge is 2.24. The van der Waals surface area contributed by atoms with Crippen LogP contribution < -0.4 is 25.2 Å². The highest BCUT2D eigenvalue weighted by molar-refractivity contribution is 5.85. The van der Waals surface area contributed by atoms with Crippen molar-refractivity contribution in [1.29, 1.82) is 0 Å². The summed E-state index contributed by atoms with van der Waals surface area (Å²) >= 11 is 0. The van der Waals surface area contributed by atoms with E-state index in [1.807, 2.05) is 32.0 Å². The van der Waals surface area contributed by atoms with Crippen molar-refractivity contribution >= 4 is 17.5 Å². The second kappa shape index (κ2) is 10.7.